The van der Waals surface area contributed by atoms with Crippen LogP contribution < -0.4 is 10.5 Å². The number of oxazole rings is 1. The molecule has 1 aromatic heterocycles. The summed E-state index contributed by atoms with van der Waals surface area (Å²) >= 11 is 5.79. The number of phenols is 1. The van der Waals surface area contributed by atoms with E-state index in [4.69, 9.17) is 16.0 Å². The van der Waals surface area contributed by atoms with Crippen molar-refractivity contribution in [3.8, 4) is 5.75 Å². The molecule has 2 aromatic carbocycles. The van der Waals surface area contributed by atoms with Crippen LogP contribution in [0.25, 0.3) is 11.1 Å². The van der Waals surface area contributed by atoms with Gasteiger partial charge in [0.2, 0.25) is 0 Å². The second-order valence-corrected chi connectivity index (χ2v) is 6.94. The molecular weight excluding hydrogens is 344 g/mol. The molecule has 0 saturated heterocycles. The summed E-state index contributed by atoms with van der Waals surface area (Å²) in [6.45, 7) is 0. The van der Waals surface area contributed by atoms with Gasteiger partial charge in [0.15, 0.2) is 5.58 Å². The van der Waals surface area contributed by atoms with Crippen LogP contribution >= 0.6 is 11.6 Å². The second-order valence-electron chi connectivity index (χ2n) is 4.82. The molecule has 0 aliphatic heterocycles. The van der Waals surface area contributed by atoms with Crippen LogP contribution in [0, 0.1) is 0 Å². The van der Waals surface area contributed by atoms with Crippen molar-refractivity contribution in [2.24, 2.45) is 7.05 Å². The van der Waals surface area contributed by atoms with Gasteiger partial charge >= 0.3 is 5.76 Å². The molecular formula is C14H11ClN2O5S. The average molecular weight is 355 g/mol. The highest BCUT2D eigenvalue weighted by Gasteiger charge is 2.18. The molecule has 9 heteroatoms. The number of aromatic hydroxyl groups is 1. The van der Waals surface area contributed by atoms with Gasteiger partial charge in [0.25, 0.3) is 10.0 Å². The van der Waals surface area contributed by atoms with Gasteiger partial charge in [-0.1, -0.05) is 11.6 Å². The quantitative estimate of drug-likeness (QED) is 0.703. The number of nitrogens with zero attached hydrogens (tertiary/aromatic N) is 1. The fourth-order valence-corrected chi connectivity index (χ4v) is 3.33. The number of nitrogens with one attached hydrogen (secondary N) is 1. The van der Waals surface area contributed by atoms with E-state index in [1.807, 2.05) is 0 Å². The summed E-state index contributed by atoms with van der Waals surface area (Å²) in [6, 6.07) is 8.03. The van der Waals surface area contributed by atoms with Crippen LogP contribution in [0.15, 0.2) is 50.5 Å². The van der Waals surface area contributed by atoms with Crippen molar-refractivity contribution in [3.63, 3.8) is 0 Å². The van der Waals surface area contributed by atoms with Crippen LogP contribution in [-0.4, -0.2) is 18.1 Å². The summed E-state index contributed by atoms with van der Waals surface area (Å²) in [6.07, 6.45) is 0. The predicted molar refractivity (Wildman–Crippen MR) is 85.4 cm³/mol. The number of benzene rings is 2. The number of fused-ring (bicyclic) bond motifs is 1. The fourth-order valence-electron chi connectivity index (χ4n) is 2.08. The minimum atomic E-state index is -3.99. The number of sulfonamides is 1. The van der Waals surface area contributed by atoms with E-state index in [2.05, 4.69) is 4.72 Å². The van der Waals surface area contributed by atoms with Gasteiger partial charge in [0, 0.05) is 18.1 Å². The lowest BCUT2D eigenvalue weighted by molar-refractivity contribution is 0.477. The van der Waals surface area contributed by atoms with Crippen LogP contribution in [0.5, 0.6) is 5.75 Å². The normalized spacial score (nSPS) is 11.7. The molecule has 0 aliphatic carbocycles. The first kappa shape index (κ1) is 15.4. The maximum atomic E-state index is 12.4. The highest BCUT2D eigenvalue weighted by atomic mass is 35.5. The van der Waals surface area contributed by atoms with Crippen molar-refractivity contribution in [1.82, 2.24) is 4.57 Å². The van der Waals surface area contributed by atoms with Gasteiger partial charge in [-0.05, 0) is 30.3 Å². The molecule has 0 fully saturated rings. The molecule has 120 valence electrons. The zero-order chi connectivity index (χ0) is 16.8. The first-order chi connectivity index (χ1) is 10.8. The van der Waals surface area contributed by atoms with E-state index in [9.17, 15) is 18.3 Å². The Morgan fingerprint density at radius 2 is 1.96 bits per heavy atom. The molecule has 3 aromatic rings. The SMILES string of the molecule is Cn1c(=O)oc2cc(S(=O)(=O)Nc3cc(Cl)ccc3O)ccc21. The average Bonchev–Trinajstić information content (AvgIpc) is 2.77. The summed E-state index contributed by atoms with van der Waals surface area (Å²) in [4.78, 5) is 11.3. The van der Waals surface area contributed by atoms with E-state index in [1.165, 1.54) is 48.0 Å². The minimum absolute atomic E-state index is 0.0490. The summed E-state index contributed by atoms with van der Waals surface area (Å²) in [7, 11) is -2.47. The lowest BCUT2D eigenvalue weighted by atomic mass is 10.3. The molecule has 2 N–H and O–H groups in total. The molecule has 0 unspecified atom stereocenters. The van der Waals surface area contributed by atoms with Crippen molar-refractivity contribution in [2.75, 3.05) is 4.72 Å². The molecule has 0 aliphatic rings. The largest absolute Gasteiger partial charge is 0.506 e. The van der Waals surface area contributed by atoms with Crippen LogP contribution in [0.4, 0.5) is 5.69 Å². The summed E-state index contributed by atoms with van der Waals surface area (Å²) < 4.78 is 33.3. The smallest absolute Gasteiger partial charge is 0.419 e. The van der Waals surface area contributed by atoms with Crippen molar-refractivity contribution < 1.29 is 17.9 Å². The van der Waals surface area contributed by atoms with Crippen molar-refractivity contribution in [1.29, 1.82) is 0 Å². The zero-order valence-corrected chi connectivity index (χ0v) is 13.4. The summed E-state index contributed by atoms with van der Waals surface area (Å²) in [5.41, 5.74) is 0.572. The van der Waals surface area contributed by atoms with Gasteiger partial charge in [-0.2, -0.15) is 0 Å². The number of halogens is 1. The molecule has 0 spiro atoms. The Labute approximate surface area is 135 Å². The van der Waals surface area contributed by atoms with Crippen LogP contribution in [0.3, 0.4) is 0 Å². The Balaban J connectivity index is 2.05. The maximum absolute atomic E-state index is 12.4. The third-order valence-electron chi connectivity index (χ3n) is 3.28. The maximum Gasteiger partial charge on any atom is 0.419 e. The second kappa shape index (κ2) is 5.32. The number of phenolic OH excluding ortho intramolecular Hbond substituents is 1. The number of rotatable bonds is 3. The monoisotopic (exact) mass is 354 g/mol. The Morgan fingerprint density at radius 1 is 1.22 bits per heavy atom. The molecule has 23 heavy (non-hydrogen) atoms. The molecule has 0 atom stereocenters. The van der Waals surface area contributed by atoms with E-state index in [1.54, 1.807) is 0 Å². The van der Waals surface area contributed by atoms with E-state index in [0.717, 1.165) is 0 Å². The number of hydrogen-bond donors (Lipinski definition) is 2. The Kier molecular flexibility index (Phi) is 3.57. The van der Waals surface area contributed by atoms with Gasteiger partial charge in [0.1, 0.15) is 5.75 Å². The fraction of sp³-hybridized carbons (Fsp3) is 0.0714. The van der Waals surface area contributed by atoms with Crippen molar-refractivity contribution >= 4 is 38.4 Å². The standard InChI is InChI=1S/C14H11ClN2O5S/c1-17-11-4-3-9(7-13(11)22-14(17)19)23(20,21)16-10-6-8(15)2-5-12(10)18/h2-7,16,18H,1H3. The highest BCUT2D eigenvalue weighted by molar-refractivity contribution is 7.92. The highest BCUT2D eigenvalue weighted by Crippen LogP contribution is 2.29. The Bertz CT molecular complexity index is 1070. The minimum Gasteiger partial charge on any atom is -0.506 e. The molecule has 1 heterocycles. The van der Waals surface area contributed by atoms with Gasteiger partial charge in [-0.25, -0.2) is 13.2 Å². The predicted octanol–water partition coefficient (Wildman–Crippen LogP) is 2.29. The molecule has 7 nitrogen and oxygen atoms in total. The van der Waals surface area contributed by atoms with E-state index >= 15 is 0 Å². The van der Waals surface area contributed by atoms with Crippen molar-refractivity contribution in [3.05, 3.63) is 52.0 Å². The molecule has 0 bridgehead atoms. The third-order valence-corrected chi connectivity index (χ3v) is 4.88. The van der Waals surface area contributed by atoms with Gasteiger partial charge < -0.3 is 9.52 Å². The van der Waals surface area contributed by atoms with E-state index in [-0.39, 0.29) is 26.9 Å². The number of aryl methyl sites for hydroxylation is 1. The van der Waals surface area contributed by atoms with Crippen LogP contribution in [-0.2, 0) is 17.1 Å². The Hall–Kier alpha value is -2.45. The lowest BCUT2D eigenvalue weighted by Crippen LogP contribution is -2.13. The van der Waals surface area contributed by atoms with Crippen molar-refractivity contribution in [2.45, 2.75) is 4.90 Å². The zero-order valence-electron chi connectivity index (χ0n) is 11.8. The number of anilines is 1. The van der Waals surface area contributed by atoms with Gasteiger partial charge in [-0.3, -0.25) is 9.29 Å². The van der Waals surface area contributed by atoms with Crippen LogP contribution in [0.2, 0.25) is 5.02 Å². The molecule has 0 radical (unpaired) electrons. The third kappa shape index (κ3) is 2.78. The topological polar surface area (TPSA) is 102 Å². The molecule has 0 saturated carbocycles. The summed E-state index contributed by atoms with van der Waals surface area (Å²) in [5, 5.41) is 9.98. The molecule has 3 rings (SSSR count). The first-order valence-corrected chi connectivity index (χ1v) is 8.25. The number of aromatic nitrogens is 1. The molecule has 0 amide bonds. The summed E-state index contributed by atoms with van der Waals surface area (Å²) in [5.74, 6) is -0.847. The Morgan fingerprint density at radius 3 is 2.70 bits per heavy atom. The van der Waals surface area contributed by atoms with Gasteiger partial charge in [-0.15, -0.1) is 0 Å². The number of hydrogen-bond acceptors (Lipinski definition) is 5. The first-order valence-electron chi connectivity index (χ1n) is 6.39. The van der Waals surface area contributed by atoms with E-state index in [0.29, 0.717) is 5.52 Å². The van der Waals surface area contributed by atoms with Crippen LogP contribution in [0.1, 0.15) is 0 Å². The van der Waals surface area contributed by atoms with Gasteiger partial charge in [0.05, 0.1) is 16.1 Å². The lowest BCUT2D eigenvalue weighted by Gasteiger charge is -2.10. The van der Waals surface area contributed by atoms with E-state index < -0.39 is 15.8 Å².